The molecule has 0 bridgehead atoms. The molecule has 98 valence electrons. The highest BCUT2D eigenvalue weighted by atomic mass is 32.1. The number of amides is 1. The van der Waals surface area contributed by atoms with Gasteiger partial charge in [-0.15, -0.1) is 10.2 Å². The van der Waals surface area contributed by atoms with Gasteiger partial charge in [0.2, 0.25) is 5.91 Å². The van der Waals surface area contributed by atoms with Gasteiger partial charge in [0, 0.05) is 0 Å². The van der Waals surface area contributed by atoms with Crippen molar-refractivity contribution in [3.63, 3.8) is 0 Å². The molecule has 1 aromatic rings. The first-order chi connectivity index (χ1) is 8.58. The van der Waals surface area contributed by atoms with Crippen LogP contribution in [0.5, 0.6) is 0 Å². The molecule has 1 aromatic heterocycles. The Labute approximate surface area is 108 Å². The van der Waals surface area contributed by atoms with Crippen molar-refractivity contribution in [1.82, 2.24) is 15.5 Å². The number of hydrogen-bond donors (Lipinski definition) is 2. The zero-order chi connectivity index (χ0) is 13.1. The number of aliphatic carboxylic acids is 1. The van der Waals surface area contributed by atoms with Crippen LogP contribution in [0.1, 0.15) is 29.3 Å². The van der Waals surface area contributed by atoms with Crippen molar-refractivity contribution < 1.29 is 14.7 Å². The molecule has 7 heteroatoms. The molecule has 0 aliphatic heterocycles. The third-order valence-corrected chi connectivity index (χ3v) is 3.99. The largest absolute Gasteiger partial charge is 0.481 e. The van der Waals surface area contributed by atoms with E-state index in [4.69, 9.17) is 5.11 Å². The highest BCUT2D eigenvalue weighted by Gasteiger charge is 2.37. The lowest BCUT2D eigenvalue weighted by Crippen LogP contribution is -2.34. The lowest BCUT2D eigenvalue weighted by molar-refractivity contribution is -0.146. The number of hydrogen-bond acceptors (Lipinski definition) is 5. The first kappa shape index (κ1) is 12.9. The zero-order valence-corrected chi connectivity index (χ0v) is 10.9. The van der Waals surface area contributed by atoms with E-state index >= 15 is 0 Å². The Hall–Kier alpha value is -1.50. The van der Waals surface area contributed by atoms with Gasteiger partial charge < -0.3 is 10.4 Å². The van der Waals surface area contributed by atoms with Crippen LogP contribution in [0.2, 0.25) is 0 Å². The van der Waals surface area contributed by atoms with Crippen molar-refractivity contribution >= 4 is 23.2 Å². The summed E-state index contributed by atoms with van der Waals surface area (Å²) in [6, 6.07) is 0. The molecule has 1 aliphatic carbocycles. The molecule has 2 rings (SSSR count). The van der Waals surface area contributed by atoms with E-state index in [1.807, 2.05) is 6.92 Å². The van der Waals surface area contributed by atoms with Gasteiger partial charge in [0.15, 0.2) is 0 Å². The normalized spacial score (nSPS) is 22.9. The number of carboxylic acid groups (broad SMARTS) is 1. The third kappa shape index (κ3) is 2.84. The Bertz CT molecular complexity index is 460. The lowest BCUT2D eigenvalue weighted by atomic mass is 9.95. The third-order valence-electron chi connectivity index (χ3n) is 3.15. The van der Waals surface area contributed by atoms with Crippen molar-refractivity contribution in [3.8, 4) is 0 Å². The Balaban J connectivity index is 1.89. The predicted molar refractivity (Wildman–Crippen MR) is 65.0 cm³/mol. The molecule has 2 N–H and O–H groups in total. The maximum atomic E-state index is 11.9. The van der Waals surface area contributed by atoms with Gasteiger partial charge >= 0.3 is 5.97 Å². The molecule has 1 amide bonds. The van der Waals surface area contributed by atoms with Gasteiger partial charge in [-0.3, -0.25) is 9.59 Å². The second-order valence-corrected chi connectivity index (χ2v) is 5.68. The minimum atomic E-state index is -0.876. The molecule has 18 heavy (non-hydrogen) atoms. The number of aryl methyl sites for hydroxylation is 1. The number of nitrogens with one attached hydrogen (secondary N) is 1. The molecule has 0 spiro atoms. The van der Waals surface area contributed by atoms with E-state index < -0.39 is 17.8 Å². The van der Waals surface area contributed by atoms with Crippen molar-refractivity contribution in [2.45, 2.75) is 32.7 Å². The van der Waals surface area contributed by atoms with E-state index in [9.17, 15) is 9.59 Å². The fraction of sp³-hybridized carbons (Fsp3) is 0.636. The van der Waals surface area contributed by atoms with Crippen LogP contribution in [0.3, 0.4) is 0 Å². The second kappa shape index (κ2) is 5.43. The van der Waals surface area contributed by atoms with Gasteiger partial charge in [-0.1, -0.05) is 17.8 Å². The van der Waals surface area contributed by atoms with E-state index in [0.717, 1.165) is 16.4 Å². The Morgan fingerprint density at radius 2 is 2.11 bits per heavy atom. The van der Waals surface area contributed by atoms with Gasteiger partial charge in [-0.25, -0.2) is 0 Å². The fourth-order valence-electron chi connectivity index (χ4n) is 2.27. The van der Waals surface area contributed by atoms with Crippen LogP contribution in [0.4, 0.5) is 0 Å². The zero-order valence-electron chi connectivity index (χ0n) is 10.0. The number of carboxylic acids is 1. The van der Waals surface area contributed by atoms with Crippen LogP contribution in [-0.2, 0) is 16.1 Å². The second-order valence-electron chi connectivity index (χ2n) is 4.41. The molecule has 0 saturated heterocycles. The molecule has 0 unspecified atom stereocenters. The highest BCUT2D eigenvalue weighted by molar-refractivity contribution is 7.11. The van der Waals surface area contributed by atoms with Crippen LogP contribution in [0, 0.1) is 18.8 Å². The smallest absolute Gasteiger partial charge is 0.307 e. The summed E-state index contributed by atoms with van der Waals surface area (Å²) in [5.41, 5.74) is 0. The molecule has 1 fully saturated rings. The van der Waals surface area contributed by atoms with Crippen LogP contribution in [-0.4, -0.2) is 27.2 Å². The number of carbonyl (C=O) groups is 2. The Kier molecular flexibility index (Phi) is 3.90. The summed E-state index contributed by atoms with van der Waals surface area (Å²) in [7, 11) is 0. The van der Waals surface area contributed by atoms with Crippen molar-refractivity contribution in [3.05, 3.63) is 10.0 Å². The van der Waals surface area contributed by atoms with Crippen LogP contribution in [0.25, 0.3) is 0 Å². The molecule has 0 radical (unpaired) electrons. The lowest BCUT2D eigenvalue weighted by Gasteiger charge is -2.14. The monoisotopic (exact) mass is 269 g/mol. The van der Waals surface area contributed by atoms with Crippen LogP contribution >= 0.6 is 11.3 Å². The van der Waals surface area contributed by atoms with Gasteiger partial charge in [0.1, 0.15) is 10.0 Å². The minimum Gasteiger partial charge on any atom is -0.481 e. The predicted octanol–water partition coefficient (Wildman–Crippen LogP) is 0.964. The van der Waals surface area contributed by atoms with E-state index in [-0.39, 0.29) is 5.91 Å². The molecule has 0 aromatic carbocycles. The van der Waals surface area contributed by atoms with Gasteiger partial charge in [0.05, 0.1) is 18.4 Å². The first-order valence-electron chi connectivity index (χ1n) is 5.87. The van der Waals surface area contributed by atoms with Crippen molar-refractivity contribution in [2.75, 3.05) is 0 Å². The molecule has 6 nitrogen and oxygen atoms in total. The van der Waals surface area contributed by atoms with Gasteiger partial charge in [0.25, 0.3) is 0 Å². The molecule has 1 aliphatic rings. The maximum absolute atomic E-state index is 11.9. The topological polar surface area (TPSA) is 92.2 Å². The molecule has 1 saturated carbocycles. The summed E-state index contributed by atoms with van der Waals surface area (Å²) < 4.78 is 0. The first-order valence-corrected chi connectivity index (χ1v) is 6.69. The van der Waals surface area contributed by atoms with Gasteiger partial charge in [-0.2, -0.15) is 0 Å². The number of nitrogens with zero attached hydrogens (tertiary/aromatic N) is 2. The number of aromatic nitrogens is 2. The van der Waals surface area contributed by atoms with Gasteiger partial charge in [-0.05, 0) is 19.8 Å². The summed E-state index contributed by atoms with van der Waals surface area (Å²) >= 11 is 1.43. The summed E-state index contributed by atoms with van der Waals surface area (Å²) in [6.45, 7) is 2.17. The van der Waals surface area contributed by atoms with E-state index in [1.54, 1.807) is 0 Å². The van der Waals surface area contributed by atoms with Crippen molar-refractivity contribution in [2.24, 2.45) is 11.8 Å². The van der Waals surface area contributed by atoms with Crippen LogP contribution in [0.15, 0.2) is 0 Å². The maximum Gasteiger partial charge on any atom is 0.307 e. The Morgan fingerprint density at radius 3 is 2.72 bits per heavy atom. The number of carbonyl (C=O) groups excluding carboxylic acids is 1. The standard InChI is InChI=1S/C11H15N3O3S/c1-6-13-14-9(18-6)5-12-10(15)7-3-2-4-8(7)11(16)17/h7-8H,2-5H2,1H3,(H,12,15)(H,16,17)/t7-,8+/m1/s1. The average Bonchev–Trinajstić information content (AvgIpc) is 2.94. The summed E-state index contributed by atoms with van der Waals surface area (Å²) in [5, 5.41) is 21.1. The molecular weight excluding hydrogens is 254 g/mol. The molecule has 2 atom stereocenters. The van der Waals surface area contributed by atoms with E-state index in [0.29, 0.717) is 19.4 Å². The molecular formula is C11H15N3O3S. The number of rotatable bonds is 4. The highest BCUT2D eigenvalue weighted by Crippen LogP contribution is 2.32. The van der Waals surface area contributed by atoms with E-state index in [2.05, 4.69) is 15.5 Å². The Morgan fingerprint density at radius 1 is 1.39 bits per heavy atom. The fourth-order valence-corrected chi connectivity index (χ4v) is 2.92. The SMILES string of the molecule is Cc1nnc(CNC(=O)[C@@H]2CCC[C@@H]2C(=O)O)s1. The molecule has 1 heterocycles. The summed E-state index contributed by atoms with van der Waals surface area (Å²) in [5.74, 6) is -2.01. The quantitative estimate of drug-likeness (QED) is 0.849. The average molecular weight is 269 g/mol. The minimum absolute atomic E-state index is 0.187. The van der Waals surface area contributed by atoms with E-state index in [1.165, 1.54) is 11.3 Å². The summed E-state index contributed by atoms with van der Waals surface area (Å²) in [4.78, 5) is 22.9. The van der Waals surface area contributed by atoms with Crippen molar-refractivity contribution in [1.29, 1.82) is 0 Å². The van der Waals surface area contributed by atoms with Crippen LogP contribution < -0.4 is 5.32 Å². The summed E-state index contributed by atoms with van der Waals surface area (Å²) in [6.07, 6.45) is 2.04.